The van der Waals surface area contributed by atoms with E-state index in [2.05, 4.69) is 30.9 Å². The van der Waals surface area contributed by atoms with Gasteiger partial charge in [-0.3, -0.25) is 14.6 Å². The molecule has 0 aliphatic heterocycles. The summed E-state index contributed by atoms with van der Waals surface area (Å²) in [6.45, 7) is 3.38. The number of carbonyl (C=O) groups is 2. The smallest absolute Gasteiger partial charge is 0.252 e. The van der Waals surface area contributed by atoms with E-state index in [1.165, 1.54) is 6.20 Å². The van der Waals surface area contributed by atoms with Crippen LogP contribution >= 0.6 is 0 Å². The number of H-pyrrole nitrogens is 1. The Labute approximate surface area is 196 Å². The standard InChI is InChI=1S/C24H29FN6O3/c1-14(2)20(23(33)27-6-5-25)31-17-7-15(9-26-11-17)19-12-29-21-18(19)8-16(10-28-21)22(32)30-13-24(34)3-4-24/h7-12,14,20,31,34H,3-6,13H2,1-2H3,(H,27,33)(H,28,29)(H,30,32)/t20-/m1/s1. The molecule has 10 heteroatoms. The van der Waals surface area contributed by atoms with E-state index in [-0.39, 0.29) is 30.8 Å². The molecule has 0 aromatic carbocycles. The van der Waals surface area contributed by atoms with Gasteiger partial charge in [0.25, 0.3) is 5.91 Å². The van der Waals surface area contributed by atoms with Gasteiger partial charge in [0.15, 0.2) is 0 Å². The Hall–Kier alpha value is -3.53. The molecular formula is C24H29FN6O3. The van der Waals surface area contributed by atoms with E-state index in [0.29, 0.717) is 29.7 Å². The number of hydrogen-bond donors (Lipinski definition) is 5. The molecule has 3 heterocycles. The molecule has 0 saturated heterocycles. The second kappa shape index (κ2) is 9.76. The van der Waals surface area contributed by atoms with Gasteiger partial charge in [-0.1, -0.05) is 13.8 Å². The number of amides is 2. The number of aromatic amines is 1. The Balaban J connectivity index is 1.56. The molecule has 1 aliphatic rings. The number of carbonyl (C=O) groups excluding carboxylic acids is 2. The monoisotopic (exact) mass is 468 g/mol. The molecule has 5 N–H and O–H groups in total. The fourth-order valence-electron chi connectivity index (χ4n) is 3.70. The van der Waals surface area contributed by atoms with Crippen molar-refractivity contribution in [2.24, 2.45) is 5.92 Å². The third kappa shape index (κ3) is 5.33. The van der Waals surface area contributed by atoms with Crippen LogP contribution < -0.4 is 16.0 Å². The molecule has 0 unspecified atom stereocenters. The number of fused-ring (bicyclic) bond motifs is 1. The number of aromatic nitrogens is 3. The molecule has 1 fully saturated rings. The largest absolute Gasteiger partial charge is 0.388 e. The Morgan fingerprint density at radius 2 is 2.00 bits per heavy atom. The molecule has 1 atom stereocenters. The lowest BCUT2D eigenvalue weighted by molar-refractivity contribution is -0.122. The van der Waals surface area contributed by atoms with Crippen molar-refractivity contribution in [3.8, 4) is 11.1 Å². The molecule has 3 aromatic heterocycles. The Morgan fingerprint density at radius 3 is 2.71 bits per heavy atom. The third-order valence-electron chi connectivity index (χ3n) is 5.91. The van der Waals surface area contributed by atoms with E-state index < -0.39 is 18.3 Å². The molecule has 9 nitrogen and oxygen atoms in total. The lowest BCUT2D eigenvalue weighted by atomic mass is 10.0. The van der Waals surface area contributed by atoms with Crippen LogP contribution in [0.25, 0.3) is 22.2 Å². The van der Waals surface area contributed by atoms with Crippen LogP contribution in [0.2, 0.25) is 0 Å². The maximum atomic E-state index is 12.6. The van der Waals surface area contributed by atoms with E-state index in [4.69, 9.17) is 0 Å². The topological polar surface area (TPSA) is 132 Å². The fraction of sp³-hybridized carbons (Fsp3) is 0.417. The van der Waals surface area contributed by atoms with Gasteiger partial charge in [-0.15, -0.1) is 0 Å². The quantitative estimate of drug-likeness (QED) is 0.310. The summed E-state index contributed by atoms with van der Waals surface area (Å²) in [7, 11) is 0. The van der Waals surface area contributed by atoms with Gasteiger partial charge in [0.2, 0.25) is 5.91 Å². The minimum Gasteiger partial charge on any atom is -0.388 e. The predicted molar refractivity (Wildman–Crippen MR) is 127 cm³/mol. The number of nitrogens with one attached hydrogen (secondary N) is 4. The van der Waals surface area contributed by atoms with Crippen LogP contribution in [-0.2, 0) is 4.79 Å². The first-order valence-corrected chi connectivity index (χ1v) is 11.3. The van der Waals surface area contributed by atoms with Crippen LogP contribution in [-0.4, -0.2) is 63.3 Å². The molecule has 0 spiro atoms. The summed E-state index contributed by atoms with van der Waals surface area (Å²) in [5.41, 5.74) is 2.45. The van der Waals surface area contributed by atoms with Gasteiger partial charge in [0.05, 0.1) is 16.9 Å². The first-order chi connectivity index (χ1) is 16.3. The summed E-state index contributed by atoms with van der Waals surface area (Å²) in [6.07, 6.45) is 7.99. The van der Waals surface area contributed by atoms with Gasteiger partial charge in [0, 0.05) is 54.4 Å². The lowest BCUT2D eigenvalue weighted by Gasteiger charge is -2.22. The van der Waals surface area contributed by atoms with E-state index in [0.717, 1.165) is 16.5 Å². The molecule has 2 amide bonds. The maximum Gasteiger partial charge on any atom is 0.252 e. The van der Waals surface area contributed by atoms with E-state index in [9.17, 15) is 19.1 Å². The summed E-state index contributed by atoms with van der Waals surface area (Å²) in [4.78, 5) is 36.8. The van der Waals surface area contributed by atoms with Crippen molar-refractivity contribution in [2.45, 2.75) is 38.3 Å². The maximum absolute atomic E-state index is 12.6. The number of nitrogens with zero attached hydrogens (tertiary/aromatic N) is 2. The van der Waals surface area contributed by atoms with Crippen molar-refractivity contribution in [1.82, 2.24) is 25.6 Å². The SMILES string of the molecule is CC(C)[C@@H](Nc1cncc(-c2c[nH]c3ncc(C(=O)NCC4(O)CC4)cc23)c1)C(=O)NCCF. The number of hydrogen-bond acceptors (Lipinski definition) is 6. The van der Waals surface area contributed by atoms with Gasteiger partial charge in [-0.25, -0.2) is 9.37 Å². The molecular weight excluding hydrogens is 439 g/mol. The molecule has 1 saturated carbocycles. The zero-order valence-corrected chi connectivity index (χ0v) is 19.2. The van der Waals surface area contributed by atoms with Gasteiger partial charge in [-0.05, 0) is 30.9 Å². The van der Waals surface area contributed by atoms with Crippen molar-refractivity contribution in [2.75, 3.05) is 25.1 Å². The molecule has 4 rings (SSSR count). The van der Waals surface area contributed by atoms with Gasteiger partial charge in [-0.2, -0.15) is 0 Å². The van der Waals surface area contributed by atoms with Crippen LogP contribution in [0.5, 0.6) is 0 Å². The Bertz CT molecular complexity index is 1190. The second-order valence-corrected chi connectivity index (χ2v) is 9.04. The van der Waals surface area contributed by atoms with Crippen LogP contribution in [0.3, 0.4) is 0 Å². The normalized spacial score (nSPS) is 15.2. The highest BCUT2D eigenvalue weighted by atomic mass is 19.1. The van der Waals surface area contributed by atoms with Crippen molar-refractivity contribution >= 4 is 28.5 Å². The van der Waals surface area contributed by atoms with Crippen molar-refractivity contribution in [1.29, 1.82) is 0 Å². The van der Waals surface area contributed by atoms with Crippen LogP contribution in [0.1, 0.15) is 37.0 Å². The van der Waals surface area contributed by atoms with E-state index in [1.54, 1.807) is 24.7 Å². The summed E-state index contributed by atoms with van der Waals surface area (Å²) in [5.74, 6) is -0.606. The van der Waals surface area contributed by atoms with Gasteiger partial charge < -0.3 is 26.0 Å². The number of aliphatic hydroxyl groups is 1. The lowest BCUT2D eigenvalue weighted by Crippen LogP contribution is -2.43. The fourth-order valence-corrected chi connectivity index (χ4v) is 3.70. The first-order valence-electron chi connectivity index (χ1n) is 11.3. The van der Waals surface area contributed by atoms with Crippen molar-refractivity contribution < 1.29 is 19.1 Å². The average Bonchev–Trinajstić information content (AvgIpc) is 3.42. The number of alkyl halides is 1. The minimum absolute atomic E-state index is 0.0282. The van der Waals surface area contributed by atoms with Crippen LogP contribution in [0, 0.1) is 5.92 Å². The molecule has 3 aromatic rings. The van der Waals surface area contributed by atoms with Crippen LogP contribution in [0.15, 0.2) is 36.9 Å². The van der Waals surface area contributed by atoms with Crippen molar-refractivity contribution in [3.05, 3.63) is 42.5 Å². The van der Waals surface area contributed by atoms with Crippen LogP contribution in [0.4, 0.5) is 10.1 Å². The number of rotatable bonds is 10. The minimum atomic E-state index is -0.776. The van der Waals surface area contributed by atoms with E-state index >= 15 is 0 Å². The zero-order chi connectivity index (χ0) is 24.3. The molecule has 0 radical (unpaired) electrons. The zero-order valence-electron chi connectivity index (χ0n) is 19.2. The Kier molecular flexibility index (Phi) is 6.78. The highest BCUT2D eigenvalue weighted by Gasteiger charge is 2.40. The summed E-state index contributed by atoms with van der Waals surface area (Å²) < 4.78 is 12.5. The third-order valence-corrected chi connectivity index (χ3v) is 5.91. The predicted octanol–water partition coefficient (Wildman–Crippen LogP) is 2.40. The molecule has 1 aliphatic carbocycles. The van der Waals surface area contributed by atoms with Gasteiger partial charge >= 0.3 is 0 Å². The number of halogens is 1. The van der Waals surface area contributed by atoms with Gasteiger partial charge in [0.1, 0.15) is 18.4 Å². The molecule has 180 valence electrons. The summed E-state index contributed by atoms with van der Waals surface area (Å²) in [6, 6.07) is 3.06. The number of anilines is 1. The summed E-state index contributed by atoms with van der Waals surface area (Å²) in [5, 5.41) is 19.2. The molecule has 34 heavy (non-hydrogen) atoms. The highest BCUT2D eigenvalue weighted by molar-refractivity contribution is 6.01. The number of pyridine rings is 2. The average molecular weight is 469 g/mol. The Morgan fingerprint density at radius 1 is 1.21 bits per heavy atom. The highest BCUT2D eigenvalue weighted by Crippen LogP contribution is 2.34. The first kappa shape index (κ1) is 23.6. The van der Waals surface area contributed by atoms with E-state index in [1.807, 2.05) is 19.9 Å². The summed E-state index contributed by atoms with van der Waals surface area (Å²) >= 11 is 0. The second-order valence-electron chi connectivity index (χ2n) is 9.04. The van der Waals surface area contributed by atoms with Crippen molar-refractivity contribution in [3.63, 3.8) is 0 Å². The molecule has 0 bridgehead atoms.